The normalized spacial score (nSPS) is 30.9. The van der Waals surface area contributed by atoms with Crippen molar-refractivity contribution in [2.45, 2.75) is 30.7 Å². The average Bonchev–Trinajstić information content (AvgIpc) is 2.52. The van der Waals surface area contributed by atoms with Gasteiger partial charge in [-0.1, -0.05) is 0 Å². The molecule has 7 N–H and O–H groups in total. The van der Waals surface area contributed by atoms with Crippen molar-refractivity contribution in [3.8, 4) is 17.2 Å². The Labute approximate surface area is 129 Å². The van der Waals surface area contributed by atoms with Crippen LogP contribution in [0.4, 0.5) is 0 Å². The standard InChI is InChI=1S/C13H16O10/c14-3-7-9(18)10(19)11(20)13(22-7)23-12(21)4-1-5(15)8(17)6(16)2-4/h1-2,7,9-11,13-20H,3H2/t7-,9-,10+,11-,13-/m0/s1. The van der Waals surface area contributed by atoms with Crippen LogP contribution >= 0.6 is 0 Å². The summed E-state index contributed by atoms with van der Waals surface area (Å²) in [6.07, 6.45) is -8.06. The van der Waals surface area contributed by atoms with Crippen molar-refractivity contribution in [2.24, 2.45) is 0 Å². The van der Waals surface area contributed by atoms with E-state index < -0.39 is 60.5 Å². The quantitative estimate of drug-likeness (QED) is 0.236. The highest BCUT2D eigenvalue weighted by molar-refractivity contribution is 5.91. The van der Waals surface area contributed by atoms with Gasteiger partial charge in [-0.3, -0.25) is 0 Å². The minimum atomic E-state index is -1.78. The lowest BCUT2D eigenvalue weighted by Crippen LogP contribution is -2.59. The molecule has 2 rings (SSSR count). The summed E-state index contributed by atoms with van der Waals surface area (Å²) in [5.74, 6) is -3.52. The largest absolute Gasteiger partial charge is 0.504 e. The first-order chi connectivity index (χ1) is 10.8. The van der Waals surface area contributed by atoms with E-state index >= 15 is 0 Å². The van der Waals surface area contributed by atoms with Gasteiger partial charge in [0.2, 0.25) is 6.29 Å². The van der Waals surface area contributed by atoms with E-state index in [2.05, 4.69) is 0 Å². The van der Waals surface area contributed by atoms with E-state index in [1.165, 1.54) is 0 Å². The van der Waals surface area contributed by atoms with Crippen molar-refractivity contribution in [3.63, 3.8) is 0 Å². The molecule has 23 heavy (non-hydrogen) atoms. The number of aliphatic hydroxyl groups excluding tert-OH is 4. The summed E-state index contributed by atoms with van der Waals surface area (Å²) in [4.78, 5) is 11.9. The number of carbonyl (C=O) groups excluding carboxylic acids is 1. The second-order valence-corrected chi connectivity index (χ2v) is 4.97. The maximum atomic E-state index is 11.9. The number of phenols is 3. The Bertz CT molecular complexity index is 563. The van der Waals surface area contributed by atoms with Crippen LogP contribution in [0.2, 0.25) is 0 Å². The topological polar surface area (TPSA) is 177 Å². The number of hydrogen-bond acceptors (Lipinski definition) is 10. The first-order valence-corrected chi connectivity index (χ1v) is 6.52. The van der Waals surface area contributed by atoms with Crippen LogP contribution in [0.25, 0.3) is 0 Å². The van der Waals surface area contributed by atoms with E-state index in [0.29, 0.717) is 0 Å². The number of ether oxygens (including phenoxy) is 2. The van der Waals surface area contributed by atoms with Crippen LogP contribution < -0.4 is 0 Å². The molecule has 1 aromatic carbocycles. The molecule has 128 valence electrons. The predicted molar refractivity (Wildman–Crippen MR) is 70.6 cm³/mol. The highest BCUT2D eigenvalue weighted by atomic mass is 16.7. The second kappa shape index (κ2) is 6.56. The number of rotatable bonds is 3. The average molecular weight is 332 g/mol. The van der Waals surface area contributed by atoms with Crippen LogP contribution in [0.3, 0.4) is 0 Å². The second-order valence-electron chi connectivity index (χ2n) is 4.97. The molecule has 0 aromatic heterocycles. The zero-order valence-electron chi connectivity index (χ0n) is 11.6. The van der Waals surface area contributed by atoms with E-state index in [-0.39, 0.29) is 5.56 Å². The van der Waals surface area contributed by atoms with Crippen molar-refractivity contribution in [1.82, 2.24) is 0 Å². The smallest absolute Gasteiger partial charge is 0.340 e. The van der Waals surface area contributed by atoms with Gasteiger partial charge in [-0.15, -0.1) is 0 Å². The van der Waals surface area contributed by atoms with Gasteiger partial charge in [-0.25, -0.2) is 4.79 Å². The predicted octanol–water partition coefficient (Wildman–Crippen LogP) is -2.24. The Hall–Kier alpha value is -2.11. The van der Waals surface area contributed by atoms with E-state index in [0.717, 1.165) is 12.1 Å². The third-order valence-electron chi connectivity index (χ3n) is 3.38. The van der Waals surface area contributed by atoms with Gasteiger partial charge < -0.3 is 45.2 Å². The zero-order chi connectivity index (χ0) is 17.3. The van der Waals surface area contributed by atoms with Gasteiger partial charge in [0.25, 0.3) is 0 Å². The molecule has 1 aromatic rings. The maximum Gasteiger partial charge on any atom is 0.340 e. The number of hydrogen-bond donors (Lipinski definition) is 7. The molecule has 1 aliphatic rings. The summed E-state index contributed by atoms with van der Waals surface area (Å²) >= 11 is 0. The van der Waals surface area contributed by atoms with Gasteiger partial charge in [0.05, 0.1) is 12.2 Å². The van der Waals surface area contributed by atoms with E-state index in [9.17, 15) is 35.4 Å². The van der Waals surface area contributed by atoms with Gasteiger partial charge in [0.1, 0.15) is 24.4 Å². The van der Waals surface area contributed by atoms with Crippen LogP contribution in [-0.2, 0) is 9.47 Å². The molecular weight excluding hydrogens is 316 g/mol. The fraction of sp³-hybridized carbons (Fsp3) is 0.462. The summed E-state index contributed by atoms with van der Waals surface area (Å²) in [6.45, 7) is -0.695. The fourth-order valence-electron chi connectivity index (χ4n) is 2.06. The molecule has 0 radical (unpaired) electrons. The highest BCUT2D eigenvalue weighted by Crippen LogP contribution is 2.35. The summed E-state index contributed by atoms with van der Waals surface area (Å²) < 4.78 is 9.77. The van der Waals surface area contributed by atoms with Gasteiger partial charge in [-0.05, 0) is 12.1 Å². The van der Waals surface area contributed by atoms with Crippen molar-refractivity contribution in [2.75, 3.05) is 6.61 Å². The van der Waals surface area contributed by atoms with Gasteiger partial charge in [-0.2, -0.15) is 0 Å². The van der Waals surface area contributed by atoms with Crippen molar-refractivity contribution >= 4 is 5.97 Å². The molecule has 0 saturated carbocycles. The Morgan fingerprint density at radius 1 is 1.04 bits per heavy atom. The van der Waals surface area contributed by atoms with Gasteiger partial charge in [0, 0.05) is 0 Å². The highest BCUT2D eigenvalue weighted by Gasteiger charge is 2.45. The van der Waals surface area contributed by atoms with E-state index in [1.807, 2.05) is 0 Å². The lowest BCUT2D eigenvalue weighted by atomic mass is 9.99. The van der Waals surface area contributed by atoms with Gasteiger partial charge >= 0.3 is 5.97 Å². The van der Waals surface area contributed by atoms with Crippen LogP contribution in [0.15, 0.2) is 12.1 Å². The molecular formula is C13H16O10. The molecule has 10 nitrogen and oxygen atoms in total. The number of carbonyl (C=O) groups is 1. The lowest BCUT2D eigenvalue weighted by Gasteiger charge is -2.39. The summed E-state index contributed by atoms with van der Waals surface area (Å²) in [6, 6.07) is 1.61. The van der Waals surface area contributed by atoms with Crippen LogP contribution in [0.5, 0.6) is 17.2 Å². The molecule has 5 atom stereocenters. The monoisotopic (exact) mass is 332 g/mol. The number of aromatic hydroxyl groups is 3. The van der Waals surface area contributed by atoms with Crippen LogP contribution in [0.1, 0.15) is 10.4 Å². The first kappa shape index (κ1) is 17.2. The molecule has 1 aliphatic heterocycles. The van der Waals surface area contributed by atoms with Crippen LogP contribution in [0, 0.1) is 0 Å². The maximum absolute atomic E-state index is 11.9. The SMILES string of the molecule is O=C(O[C@@H]1O[C@@H](CO)[C@H](O)[C@@H](O)[C@@H]1O)c1cc(O)c(O)c(O)c1. The zero-order valence-corrected chi connectivity index (χ0v) is 11.6. The van der Waals surface area contributed by atoms with E-state index in [1.54, 1.807) is 0 Å². The Kier molecular flexibility index (Phi) is 4.92. The third kappa shape index (κ3) is 3.30. The first-order valence-electron chi connectivity index (χ1n) is 6.52. The Morgan fingerprint density at radius 2 is 1.61 bits per heavy atom. The molecule has 0 bridgehead atoms. The Balaban J connectivity index is 2.16. The molecule has 0 spiro atoms. The Morgan fingerprint density at radius 3 is 2.13 bits per heavy atom. The molecule has 1 fully saturated rings. The molecule has 0 unspecified atom stereocenters. The summed E-state index contributed by atoms with van der Waals surface area (Å²) in [5, 5.41) is 65.8. The third-order valence-corrected chi connectivity index (χ3v) is 3.38. The summed E-state index contributed by atoms with van der Waals surface area (Å²) in [7, 11) is 0. The van der Waals surface area contributed by atoms with Crippen molar-refractivity contribution < 1.29 is 50.0 Å². The number of phenolic OH excluding ortho intramolecular Hbond substituents is 3. The minimum absolute atomic E-state index is 0.366. The number of esters is 1. The lowest BCUT2D eigenvalue weighted by molar-refractivity contribution is -0.285. The molecule has 0 aliphatic carbocycles. The molecule has 1 saturated heterocycles. The fourth-order valence-corrected chi connectivity index (χ4v) is 2.06. The molecule has 10 heteroatoms. The van der Waals surface area contributed by atoms with Crippen molar-refractivity contribution in [1.29, 1.82) is 0 Å². The number of benzene rings is 1. The molecule has 0 amide bonds. The minimum Gasteiger partial charge on any atom is -0.504 e. The van der Waals surface area contributed by atoms with Crippen molar-refractivity contribution in [3.05, 3.63) is 17.7 Å². The van der Waals surface area contributed by atoms with E-state index in [4.69, 9.17) is 14.6 Å². The van der Waals surface area contributed by atoms with Gasteiger partial charge in [0.15, 0.2) is 17.2 Å². The van der Waals surface area contributed by atoms with Crippen LogP contribution in [-0.4, -0.2) is 79.0 Å². The summed E-state index contributed by atoms with van der Waals surface area (Å²) in [5.41, 5.74) is -0.366. The number of aliphatic hydroxyl groups is 4. The molecule has 1 heterocycles.